The highest BCUT2D eigenvalue weighted by molar-refractivity contribution is 6.33. The Kier molecular flexibility index (Phi) is 5.74. The van der Waals surface area contributed by atoms with Gasteiger partial charge in [-0.1, -0.05) is 35.3 Å². The number of carbonyl (C=O) groups excluding carboxylic acids is 1. The van der Waals surface area contributed by atoms with E-state index in [1.807, 2.05) is 48.5 Å². The largest absolute Gasteiger partial charge is 0.497 e. The fraction of sp³-hybridized carbons (Fsp3) is 0.0952. The van der Waals surface area contributed by atoms with Gasteiger partial charge in [-0.05, 0) is 48.0 Å². The molecule has 0 saturated carbocycles. The fourth-order valence-electron chi connectivity index (χ4n) is 2.86. The third kappa shape index (κ3) is 4.48. The maximum Gasteiger partial charge on any atom is 0.274 e. The Balaban J connectivity index is 1.45. The Bertz CT molecular complexity index is 1170. The second-order valence-corrected chi connectivity index (χ2v) is 7.34. The van der Waals surface area contributed by atoms with E-state index in [0.717, 1.165) is 16.9 Å². The van der Waals surface area contributed by atoms with E-state index in [2.05, 4.69) is 20.6 Å². The third-order valence-electron chi connectivity index (χ3n) is 4.42. The standard InChI is InChI=1S/C21H17Cl2N5O2/c1-30-16-8-4-14(5-9-16)18-10-19(26-25-18)21(29)24-20-17(23)12-28(27-20)11-13-2-6-15(22)7-3-13/h2-10,12H,11H2,1H3,(H,25,26)(H,24,27,29). The molecule has 0 saturated heterocycles. The van der Waals surface area contributed by atoms with Crippen molar-refractivity contribution in [2.24, 2.45) is 0 Å². The van der Waals surface area contributed by atoms with Crippen molar-refractivity contribution in [3.63, 3.8) is 0 Å². The maximum absolute atomic E-state index is 12.6. The highest BCUT2D eigenvalue weighted by Gasteiger charge is 2.15. The first-order chi connectivity index (χ1) is 14.5. The molecule has 1 amide bonds. The Morgan fingerprint density at radius 3 is 2.57 bits per heavy atom. The number of aromatic amines is 1. The number of amides is 1. The first-order valence-electron chi connectivity index (χ1n) is 9.00. The molecule has 0 radical (unpaired) electrons. The molecular formula is C21H17Cl2N5O2. The number of rotatable bonds is 6. The minimum atomic E-state index is -0.388. The molecule has 7 nitrogen and oxygen atoms in total. The molecule has 0 fully saturated rings. The molecule has 2 N–H and O–H groups in total. The van der Waals surface area contributed by atoms with E-state index in [1.54, 1.807) is 24.1 Å². The van der Waals surface area contributed by atoms with Crippen molar-refractivity contribution in [3.05, 3.63) is 82.1 Å². The SMILES string of the molecule is COc1ccc(-c2cc(C(=O)Nc3nn(Cc4ccc(Cl)cc4)cc3Cl)[nH]n2)cc1. The Hall–Kier alpha value is -3.29. The van der Waals surface area contributed by atoms with E-state index in [-0.39, 0.29) is 11.7 Å². The normalized spacial score (nSPS) is 10.8. The number of nitrogens with zero attached hydrogens (tertiary/aromatic N) is 3. The summed E-state index contributed by atoms with van der Waals surface area (Å²) >= 11 is 12.1. The maximum atomic E-state index is 12.6. The van der Waals surface area contributed by atoms with Gasteiger partial charge in [0.05, 0.1) is 19.3 Å². The Morgan fingerprint density at radius 1 is 1.13 bits per heavy atom. The number of halogens is 2. The molecule has 30 heavy (non-hydrogen) atoms. The number of aromatic nitrogens is 4. The lowest BCUT2D eigenvalue weighted by Gasteiger charge is -2.02. The van der Waals surface area contributed by atoms with Crippen molar-refractivity contribution in [1.82, 2.24) is 20.0 Å². The molecule has 2 aromatic heterocycles. The van der Waals surface area contributed by atoms with Crippen LogP contribution in [0.2, 0.25) is 10.0 Å². The Morgan fingerprint density at radius 2 is 1.87 bits per heavy atom. The lowest BCUT2D eigenvalue weighted by molar-refractivity contribution is 0.102. The molecule has 2 aromatic carbocycles. The van der Waals surface area contributed by atoms with E-state index in [9.17, 15) is 4.79 Å². The molecule has 4 rings (SSSR count). The van der Waals surface area contributed by atoms with Crippen LogP contribution < -0.4 is 10.1 Å². The van der Waals surface area contributed by atoms with Crippen LogP contribution in [-0.4, -0.2) is 33.0 Å². The van der Waals surface area contributed by atoms with Gasteiger partial charge in [-0.25, -0.2) is 0 Å². The van der Waals surface area contributed by atoms with E-state index in [0.29, 0.717) is 28.0 Å². The topological polar surface area (TPSA) is 84.8 Å². The summed E-state index contributed by atoms with van der Waals surface area (Å²) in [6, 6.07) is 16.5. The number of H-pyrrole nitrogens is 1. The van der Waals surface area contributed by atoms with Crippen LogP contribution in [0, 0.1) is 0 Å². The summed E-state index contributed by atoms with van der Waals surface area (Å²) in [6.45, 7) is 0.498. The number of benzene rings is 2. The van der Waals surface area contributed by atoms with Gasteiger partial charge in [0.1, 0.15) is 16.5 Å². The van der Waals surface area contributed by atoms with Gasteiger partial charge in [0, 0.05) is 16.8 Å². The van der Waals surface area contributed by atoms with Crippen molar-refractivity contribution in [1.29, 1.82) is 0 Å². The smallest absolute Gasteiger partial charge is 0.274 e. The van der Waals surface area contributed by atoms with E-state index in [4.69, 9.17) is 27.9 Å². The molecule has 0 aliphatic carbocycles. The summed E-state index contributed by atoms with van der Waals surface area (Å²) in [6.07, 6.45) is 1.65. The minimum absolute atomic E-state index is 0.274. The van der Waals surface area contributed by atoms with Gasteiger partial charge in [-0.15, -0.1) is 0 Å². The van der Waals surface area contributed by atoms with Crippen molar-refractivity contribution in [3.8, 4) is 17.0 Å². The molecule has 4 aromatic rings. The third-order valence-corrected chi connectivity index (χ3v) is 4.94. The summed E-state index contributed by atoms with van der Waals surface area (Å²) in [5.41, 5.74) is 2.80. The van der Waals surface area contributed by atoms with Crippen molar-refractivity contribution >= 4 is 34.9 Å². The Labute approximate surface area is 182 Å². The first-order valence-corrected chi connectivity index (χ1v) is 9.76. The molecule has 0 bridgehead atoms. The number of methoxy groups -OCH3 is 1. The molecule has 0 unspecified atom stereocenters. The minimum Gasteiger partial charge on any atom is -0.497 e. The van der Waals surface area contributed by atoms with E-state index < -0.39 is 0 Å². The van der Waals surface area contributed by atoms with Crippen molar-refractivity contribution in [2.75, 3.05) is 12.4 Å². The highest BCUT2D eigenvalue weighted by atomic mass is 35.5. The number of ether oxygens (including phenoxy) is 1. The molecule has 0 aliphatic heterocycles. The van der Waals surface area contributed by atoms with Crippen LogP contribution in [0.3, 0.4) is 0 Å². The van der Waals surface area contributed by atoms with Crippen LogP contribution in [-0.2, 0) is 6.54 Å². The number of hydrogen-bond acceptors (Lipinski definition) is 4. The average molecular weight is 442 g/mol. The predicted octanol–water partition coefficient (Wildman–Crippen LogP) is 4.89. The van der Waals surface area contributed by atoms with Crippen LogP contribution in [0.15, 0.2) is 60.8 Å². The van der Waals surface area contributed by atoms with Crippen LogP contribution >= 0.6 is 23.2 Å². The summed E-state index contributed by atoms with van der Waals surface area (Å²) < 4.78 is 6.80. The lowest BCUT2D eigenvalue weighted by Crippen LogP contribution is -2.13. The van der Waals surface area contributed by atoms with Gasteiger partial charge >= 0.3 is 0 Å². The zero-order chi connectivity index (χ0) is 21.1. The first kappa shape index (κ1) is 20.0. The monoisotopic (exact) mass is 441 g/mol. The summed E-state index contributed by atoms with van der Waals surface area (Å²) in [5, 5.41) is 15.0. The number of nitrogens with one attached hydrogen (secondary N) is 2. The molecular weight excluding hydrogens is 425 g/mol. The summed E-state index contributed by atoms with van der Waals surface area (Å²) in [7, 11) is 1.61. The zero-order valence-electron chi connectivity index (χ0n) is 15.9. The predicted molar refractivity (Wildman–Crippen MR) is 116 cm³/mol. The van der Waals surface area contributed by atoms with Crippen LogP contribution in [0.4, 0.5) is 5.82 Å². The molecule has 9 heteroatoms. The van der Waals surface area contributed by atoms with Crippen LogP contribution in [0.5, 0.6) is 5.75 Å². The van der Waals surface area contributed by atoms with Gasteiger partial charge in [-0.3, -0.25) is 14.6 Å². The van der Waals surface area contributed by atoms with Gasteiger partial charge < -0.3 is 10.1 Å². The van der Waals surface area contributed by atoms with Gasteiger partial charge in [-0.2, -0.15) is 10.2 Å². The number of anilines is 1. The second-order valence-electron chi connectivity index (χ2n) is 6.50. The molecule has 0 aliphatic rings. The van der Waals surface area contributed by atoms with Crippen LogP contribution in [0.1, 0.15) is 16.1 Å². The van der Waals surface area contributed by atoms with Gasteiger partial charge in [0.15, 0.2) is 5.82 Å². The number of hydrogen-bond donors (Lipinski definition) is 2. The number of carbonyl (C=O) groups is 1. The summed E-state index contributed by atoms with van der Waals surface area (Å²) in [5.74, 6) is 0.633. The average Bonchev–Trinajstić information content (AvgIpc) is 3.37. The molecule has 0 atom stereocenters. The van der Waals surface area contributed by atoms with E-state index >= 15 is 0 Å². The molecule has 0 spiro atoms. The van der Waals surface area contributed by atoms with Crippen LogP contribution in [0.25, 0.3) is 11.3 Å². The van der Waals surface area contributed by atoms with E-state index in [1.165, 1.54) is 0 Å². The second kappa shape index (κ2) is 8.61. The zero-order valence-corrected chi connectivity index (χ0v) is 17.4. The quantitative estimate of drug-likeness (QED) is 0.445. The molecule has 152 valence electrons. The van der Waals surface area contributed by atoms with Gasteiger partial charge in [0.2, 0.25) is 0 Å². The summed E-state index contributed by atoms with van der Waals surface area (Å²) in [4.78, 5) is 12.6. The van der Waals surface area contributed by atoms with Crippen molar-refractivity contribution < 1.29 is 9.53 Å². The van der Waals surface area contributed by atoms with Crippen molar-refractivity contribution in [2.45, 2.75) is 6.54 Å². The highest BCUT2D eigenvalue weighted by Crippen LogP contribution is 2.23. The fourth-order valence-corrected chi connectivity index (χ4v) is 3.19. The lowest BCUT2D eigenvalue weighted by atomic mass is 10.1. The van der Waals surface area contributed by atoms with Gasteiger partial charge in [0.25, 0.3) is 5.91 Å². The molecule has 2 heterocycles.